The lowest BCUT2D eigenvalue weighted by Gasteiger charge is -2.11. The maximum absolute atomic E-state index is 9.49. The number of halogens is 1. The normalized spacial score (nSPS) is 11.2. The van der Waals surface area contributed by atoms with Crippen LogP contribution >= 0.6 is 22.9 Å². The lowest BCUT2D eigenvalue weighted by atomic mass is 10.1. The third-order valence-corrected chi connectivity index (χ3v) is 4.51. The molecule has 0 aliphatic carbocycles. The summed E-state index contributed by atoms with van der Waals surface area (Å²) in [5.41, 5.74) is 0.885. The second kappa shape index (κ2) is 8.04. The van der Waals surface area contributed by atoms with Crippen molar-refractivity contribution in [1.82, 2.24) is 10.1 Å². The standard InChI is InChI=1S/C18H14ClN3O3S/c1-3-24-14-9-11(8-13(19)16(14)23-2)7-12(10-20)18-21-17(22-25-18)15-5-4-6-26-15/h4-9H,3H2,1-2H3/b12-7+. The Bertz CT molecular complexity index is 974. The summed E-state index contributed by atoms with van der Waals surface area (Å²) in [4.78, 5) is 5.15. The SMILES string of the molecule is CCOc1cc(/C=C(\C#N)c2nc(-c3cccs3)no2)cc(Cl)c1OC. The van der Waals surface area contributed by atoms with E-state index in [1.807, 2.05) is 24.4 Å². The molecule has 0 amide bonds. The number of methoxy groups -OCH3 is 1. The molecule has 132 valence electrons. The Morgan fingerprint density at radius 1 is 1.46 bits per heavy atom. The molecule has 0 atom stereocenters. The Labute approximate surface area is 159 Å². The van der Waals surface area contributed by atoms with Crippen molar-refractivity contribution in [3.05, 3.63) is 46.1 Å². The van der Waals surface area contributed by atoms with Crippen LogP contribution in [0.4, 0.5) is 0 Å². The summed E-state index contributed by atoms with van der Waals surface area (Å²) in [5.74, 6) is 1.53. The minimum atomic E-state index is 0.140. The fourth-order valence-corrected chi connectivity index (χ4v) is 3.23. The molecule has 0 saturated carbocycles. The van der Waals surface area contributed by atoms with Crippen molar-refractivity contribution in [1.29, 1.82) is 5.26 Å². The van der Waals surface area contributed by atoms with Gasteiger partial charge >= 0.3 is 0 Å². The summed E-state index contributed by atoms with van der Waals surface area (Å²) in [6.45, 7) is 2.32. The molecule has 3 rings (SSSR count). The number of allylic oxidation sites excluding steroid dienone is 1. The van der Waals surface area contributed by atoms with E-state index in [1.165, 1.54) is 18.4 Å². The summed E-state index contributed by atoms with van der Waals surface area (Å²) in [7, 11) is 1.52. The highest BCUT2D eigenvalue weighted by atomic mass is 35.5. The monoisotopic (exact) mass is 387 g/mol. The zero-order valence-electron chi connectivity index (χ0n) is 14.0. The highest BCUT2D eigenvalue weighted by Crippen LogP contribution is 2.37. The zero-order valence-corrected chi connectivity index (χ0v) is 15.6. The number of rotatable bonds is 6. The first-order valence-electron chi connectivity index (χ1n) is 7.66. The van der Waals surface area contributed by atoms with Gasteiger partial charge in [-0.05, 0) is 42.1 Å². The molecule has 0 N–H and O–H groups in total. The molecule has 1 aromatic carbocycles. The van der Waals surface area contributed by atoms with E-state index in [0.717, 1.165) is 4.88 Å². The zero-order chi connectivity index (χ0) is 18.5. The van der Waals surface area contributed by atoms with Gasteiger partial charge in [-0.15, -0.1) is 11.3 Å². The first kappa shape index (κ1) is 18.0. The van der Waals surface area contributed by atoms with E-state index in [-0.39, 0.29) is 11.5 Å². The summed E-state index contributed by atoms with van der Waals surface area (Å²) >= 11 is 7.74. The van der Waals surface area contributed by atoms with Crippen LogP contribution in [0.3, 0.4) is 0 Å². The quantitative estimate of drug-likeness (QED) is 0.558. The Balaban J connectivity index is 1.98. The van der Waals surface area contributed by atoms with Crippen LogP contribution in [0.5, 0.6) is 11.5 Å². The highest BCUT2D eigenvalue weighted by molar-refractivity contribution is 7.13. The van der Waals surface area contributed by atoms with Gasteiger partial charge in [-0.3, -0.25) is 0 Å². The minimum Gasteiger partial charge on any atom is -0.491 e. The van der Waals surface area contributed by atoms with Crippen LogP contribution in [0.1, 0.15) is 18.4 Å². The largest absolute Gasteiger partial charge is 0.491 e. The fraction of sp³-hybridized carbons (Fsp3) is 0.167. The van der Waals surface area contributed by atoms with E-state index in [1.54, 1.807) is 18.2 Å². The van der Waals surface area contributed by atoms with E-state index in [0.29, 0.717) is 34.5 Å². The predicted molar refractivity (Wildman–Crippen MR) is 100 cm³/mol. The molecule has 6 nitrogen and oxygen atoms in total. The highest BCUT2D eigenvalue weighted by Gasteiger charge is 2.15. The van der Waals surface area contributed by atoms with Gasteiger partial charge in [0.15, 0.2) is 11.5 Å². The number of nitriles is 1. The van der Waals surface area contributed by atoms with Gasteiger partial charge in [0, 0.05) is 0 Å². The molecule has 0 aliphatic rings. The molecule has 0 unspecified atom stereocenters. The third-order valence-electron chi connectivity index (χ3n) is 3.37. The number of hydrogen-bond donors (Lipinski definition) is 0. The molecule has 2 heterocycles. The Kier molecular flexibility index (Phi) is 5.56. The van der Waals surface area contributed by atoms with Crippen LogP contribution in [0.25, 0.3) is 22.4 Å². The topological polar surface area (TPSA) is 81.2 Å². The number of aromatic nitrogens is 2. The van der Waals surface area contributed by atoms with Crippen LogP contribution < -0.4 is 9.47 Å². The van der Waals surface area contributed by atoms with Crippen molar-refractivity contribution >= 4 is 34.6 Å². The molecule has 8 heteroatoms. The molecular formula is C18H14ClN3O3S. The number of ether oxygens (including phenoxy) is 2. The first-order valence-corrected chi connectivity index (χ1v) is 8.92. The second-order valence-corrected chi connectivity index (χ2v) is 6.39. The second-order valence-electron chi connectivity index (χ2n) is 5.04. The molecule has 0 saturated heterocycles. The van der Waals surface area contributed by atoms with Crippen molar-refractivity contribution in [3.8, 4) is 28.3 Å². The van der Waals surface area contributed by atoms with Gasteiger partial charge in [0.25, 0.3) is 5.89 Å². The number of benzene rings is 1. The average molecular weight is 388 g/mol. The lowest BCUT2D eigenvalue weighted by Crippen LogP contribution is -1.96. The minimum absolute atomic E-state index is 0.140. The van der Waals surface area contributed by atoms with Crippen LogP contribution in [0, 0.1) is 11.3 Å². The fourth-order valence-electron chi connectivity index (χ4n) is 2.28. The third kappa shape index (κ3) is 3.72. The van der Waals surface area contributed by atoms with Crippen molar-refractivity contribution in [2.24, 2.45) is 0 Å². The molecule has 0 bridgehead atoms. The van der Waals surface area contributed by atoms with E-state index in [4.69, 9.17) is 25.6 Å². The van der Waals surface area contributed by atoms with Crippen molar-refractivity contribution < 1.29 is 14.0 Å². The van der Waals surface area contributed by atoms with E-state index >= 15 is 0 Å². The van der Waals surface area contributed by atoms with Gasteiger partial charge in [-0.1, -0.05) is 22.8 Å². The molecule has 0 aliphatic heterocycles. The Morgan fingerprint density at radius 3 is 2.96 bits per heavy atom. The van der Waals surface area contributed by atoms with Crippen molar-refractivity contribution in [2.45, 2.75) is 6.92 Å². The molecular weight excluding hydrogens is 374 g/mol. The molecule has 26 heavy (non-hydrogen) atoms. The van der Waals surface area contributed by atoms with Crippen LogP contribution in [-0.4, -0.2) is 23.9 Å². The van der Waals surface area contributed by atoms with Gasteiger partial charge in [-0.25, -0.2) is 0 Å². The number of nitrogens with zero attached hydrogens (tertiary/aromatic N) is 3. The Hall–Kier alpha value is -2.82. The van der Waals surface area contributed by atoms with Crippen molar-refractivity contribution in [2.75, 3.05) is 13.7 Å². The van der Waals surface area contributed by atoms with Crippen LogP contribution in [-0.2, 0) is 0 Å². The molecule has 2 aromatic heterocycles. The smallest absolute Gasteiger partial charge is 0.268 e. The number of hydrogen-bond acceptors (Lipinski definition) is 7. The summed E-state index contributed by atoms with van der Waals surface area (Å²) in [5, 5.41) is 15.7. The van der Waals surface area contributed by atoms with Gasteiger partial charge in [0.05, 0.1) is 23.6 Å². The van der Waals surface area contributed by atoms with Crippen molar-refractivity contribution in [3.63, 3.8) is 0 Å². The summed E-state index contributed by atoms with van der Waals surface area (Å²) < 4.78 is 16.0. The van der Waals surface area contributed by atoms with Crippen LogP contribution in [0.2, 0.25) is 5.02 Å². The molecule has 3 aromatic rings. The van der Waals surface area contributed by atoms with Gasteiger partial charge < -0.3 is 14.0 Å². The summed E-state index contributed by atoms with van der Waals surface area (Å²) in [6, 6.07) is 9.27. The van der Waals surface area contributed by atoms with Gasteiger partial charge in [0.2, 0.25) is 5.82 Å². The maximum atomic E-state index is 9.49. The molecule has 0 fully saturated rings. The van der Waals surface area contributed by atoms with Gasteiger partial charge in [0.1, 0.15) is 11.6 Å². The van der Waals surface area contributed by atoms with E-state index in [2.05, 4.69) is 16.2 Å². The summed E-state index contributed by atoms with van der Waals surface area (Å²) in [6.07, 6.45) is 1.61. The average Bonchev–Trinajstić information content (AvgIpc) is 3.31. The first-order chi connectivity index (χ1) is 12.7. The molecule has 0 radical (unpaired) electrons. The Morgan fingerprint density at radius 2 is 2.31 bits per heavy atom. The number of thiophene rings is 1. The van der Waals surface area contributed by atoms with Gasteiger partial charge in [-0.2, -0.15) is 10.2 Å². The lowest BCUT2D eigenvalue weighted by molar-refractivity contribution is 0.311. The molecule has 0 spiro atoms. The maximum Gasteiger partial charge on any atom is 0.268 e. The van der Waals surface area contributed by atoms with E-state index < -0.39 is 0 Å². The predicted octanol–water partition coefficient (Wildman–Crippen LogP) is 4.92. The van der Waals surface area contributed by atoms with E-state index in [9.17, 15) is 5.26 Å². The van der Waals surface area contributed by atoms with Crippen LogP contribution in [0.15, 0.2) is 34.2 Å².